The molecule has 0 spiro atoms. The van der Waals surface area contributed by atoms with Crippen molar-refractivity contribution in [2.45, 2.75) is 175 Å². The fourth-order valence-corrected chi connectivity index (χ4v) is 9.51. The molecule has 55 heavy (non-hydrogen) atoms. The molecule has 1 aliphatic carbocycles. The molecule has 4 nitrogen and oxygen atoms in total. The lowest BCUT2D eigenvalue weighted by Gasteiger charge is -2.29. The Morgan fingerprint density at radius 3 is 1.95 bits per heavy atom. The van der Waals surface area contributed by atoms with E-state index in [0.717, 1.165) is 41.6 Å². The maximum atomic E-state index is 14.2. The molecule has 0 saturated heterocycles. The third kappa shape index (κ3) is 9.89. The molecule has 3 aliphatic rings. The lowest BCUT2D eigenvalue weighted by atomic mass is 9.77. The molecular weight excluding hydrogens is 696 g/mol. The van der Waals surface area contributed by atoms with Gasteiger partial charge in [0, 0.05) is 52.0 Å². The number of rotatable bonds is 23. The number of fused-ring (bicyclic) bond motifs is 2. The van der Waals surface area contributed by atoms with Crippen LogP contribution in [-0.2, 0) is 15.6 Å². The first kappa shape index (κ1) is 43.0. The van der Waals surface area contributed by atoms with Gasteiger partial charge in [-0.05, 0) is 62.9 Å². The second kappa shape index (κ2) is 19.8. The minimum absolute atomic E-state index is 0.0725. The summed E-state index contributed by atoms with van der Waals surface area (Å²) >= 11 is 6.54. The molecule has 5 rings (SSSR count). The summed E-state index contributed by atoms with van der Waals surface area (Å²) in [7, 11) is 0. The number of anilines is 1. The normalized spacial score (nSPS) is 19.1. The van der Waals surface area contributed by atoms with Gasteiger partial charge in [-0.15, -0.1) is 0 Å². The van der Waals surface area contributed by atoms with E-state index in [9.17, 15) is 9.90 Å². The van der Waals surface area contributed by atoms with Gasteiger partial charge in [0.05, 0.1) is 16.6 Å². The monoisotopic (exact) mass is 768 g/mol. The molecule has 0 bridgehead atoms. The Morgan fingerprint density at radius 1 is 0.727 bits per heavy atom. The molecule has 1 atom stereocenters. The van der Waals surface area contributed by atoms with Gasteiger partial charge in [-0.25, -0.2) is 0 Å². The average molecular weight is 769 g/mol. The minimum atomic E-state index is -0.363. The van der Waals surface area contributed by atoms with Crippen molar-refractivity contribution in [3.05, 3.63) is 93.4 Å². The van der Waals surface area contributed by atoms with Crippen LogP contribution >= 0.6 is 11.6 Å². The third-order valence-corrected chi connectivity index (χ3v) is 13.1. The molecule has 5 heteroatoms. The molecule has 0 fully saturated rings. The van der Waals surface area contributed by atoms with E-state index in [2.05, 4.69) is 94.3 Å². The van der Waals surface area contributed by atoms with Crippen molar-refractivity contribution < 1.29 is 14.5 Å². The molecule has 2 heterocycles. The Morgan fingerprint density at radius 2 is 1.31 bits per heavy atom. The average Bonchev–Trinajstić information content (AvgIpc) is 3.51. The van der Waals surface area contributed by atoms with Crippen LogP contribution in [0.2, 0.25) is 5.02 Å². The van der Waals surface area contributed by atoms with Gasteiger partial charge >= 0.3 is 0 Å². The molecule has 300 valence electrons. The van der Waals surface area contributed by atoms with Gasteiger partial charge in [0.2, 0.25) is 11.5 Å². The molecule has 2 aromatic carbocycles. The van der Waals surface area contributed by atoms with Crippen molar-refractivity contribution in [2.24, 2.45) is 5.92 Å². The van der Waals surface area contributed by atoms with Crippen LogP contribution in [0, 0.1) is 5.92 Å². The number of hydrogen-bond acceptors (Lipinski definition) is 3. The summed E-state index contributed by atoms with van der Waals surface area (Å²) in [6, 6.07) is 14.9. The number of hydrogen-bond donors (Lipinski definition) is 1. The van der Waals surface area contributed by atoms with Gasteiger partial charge in [0.1, 0.15) is 5.76 Å². The van der Waals surface area contributed by atoms with Crippen LogP contribution in [0.25, 0.3) is 0 Å². The van der Waals surface area contributed by atoms with E-state index >= 15 is 0 Å². The molecule has 0 saturated carbocycles. The number of ketones is 1. The van der Waals surface area contributed by atoms with Crippen LogP contribution in [0.5, 0.6) is 0 Å². The van der Waals surface area contributed by atoms with Crippen molar-refractivity contribution in [1.29, 1.82) is 0 Å². The highest BCUT2D eigenvalue weighted by Crippen LogP contribution is 2.50. The van der Waals surface area contributed by atoms with Crippen molar-refractivity contribution in [2.75, 3.05) is 18.0 Å². The topological polar surface area (TPSA) is 43.5 Å². The number of carbonyl (C=O) groups excluding carboxylic acids is 1. The molecule has 1 unspecified atom stereocenters. The number of carbonyl (C=O) groups is 1. The number of Topliss-reactive ketones (excluding diaryl/α,β-unsaturated/α-hetero) is 1. The van der Waals surface area contributed by atoms with Crippen LogP contribution in [0.15, 0.2) is 77.2 Å². The highest BCUT2D eigenvalue weighted by atomic mass is 35.5. The molecule has 1 N–H and O–H groups in total. The third-order valence-electron chi connectivity index (χ3n) is 12.8. The highest BCUT2D eigenvalue weighted by Gasteiger charge is 2.47. The van der Waals surface area contributed by atoms with E-state index in [4.69, 9.17) is 11.6 Å². The predicted molar refractivity (Wildman–Crippen MR) is 236 cm³/mol. The summed E-state index contributed by atoms with van der Waals surface area (Å²) in [5, 5.41) is 12.5. The first-order valence-electron chi connectivity index (χ1n) is 22.2. The second-order valence-corrected chi connectivity index (χ2v) is 18.2. The number of unbranched alkanes of at least 4 members (excludes halogenated alkanes) is 13. The first-order chi connectivity index (χ1) is 26.5. The predicted octanol–water partition coefficient (Wildman–Crippen LogP) is 14.4. The zero-order valence-electron chi connectivity index (χ0n) is 35.5. The zero-order valence-corrected chi connectivity index (χ0v) is 36.3. The van der Waals surface area contributed by atoms with Crippen molar-refractivity contribution in [1.82, 2.24) is 0 Å². The molecule has 0 amide bonds. The van der Waals surface area contributed by atoms with Gasteiger partial charge < -0.3 is 10.0 Å². The van der Waals surface area contributed by atoms with E-state index in [0.29, 0.717) is 17.1 Å². The fourth-order valence-electron chi connectivity index (χ4n) is 9.34. The minimum Gasteiger partial charge on any atom is -0.506 e. The van der Waals surface area contributed by atoms with E-state index in [1.807, 2.05) is 18.2 Å². The van der Waals surface area contributed by atoms with Gasteiger partial charge in [-0.3, -0.25) is 4.79 Å². The molecule has 0 radical (unpaired) electrons. The first-order valence-corrected chi connectivity index (χ1v) is 22.6. The van der Waals surface area contributed by atoms with E-state index in [1.54, 1.807) is 0 Å². The Hall–Kier alpha value is -3.11. The number of para-hydroxylation sites is 1. The summed E-state index contributed by atoms with van der Waals surface area (Å²) in [4.78, 5) is 16.6. The van der Waals surface area contributed by atoms with E-state index < -0.39 is 0 Å². The summed E-state index contributed by atoms with van der Waals surface area (Å²) in [6.45, 7) is 17.6. The van der Waals surface area contributed by atoms with Gasteiger partial charge in [0.25, 0.3) is 0 Å². The summed E-state index contributed by atoms with van der Waals surface area (Å²) in [5.41, 5.74) is 7.21. The quantitative estimate of drug-likeness (QED) is 0.0696. The number of aliphatic hydroxyl groups is 1. The Balaban J connectivity index is 1.47. The maximum absolute atomic E-state index is 14.2. The smallest absolute Gasteiger partial charge is 0.209 e. The van der Waals surface area contributed by atoms with Gasteiger partial charge in [0.15, 0.2) is 12.3 Å². The fraction of sp³-hybridized carbons (Fsp3) is 0.600. The van der Waals surface area contributed by atoms with Crippen molar-refractivity contribution >= 4 is 34.5 Å². The van der Waals surface area contributed by atoms with Crippen LogP contribution in [0.1, 0.15) is 175 Å². The SMILES string of the molecule is CCCCCCCCC(CCCCCC)C[N+]1=C(C=C2C(=O)C(C=C3N(CCCCCCCC)c4ccc(Cl)cc4C3(C)C)=C2O)C(C)(C)c2ccccc21. The lowest BCUT2D eigenvalue weighted by Crippen LogP contribution is -2.33. The number of benzene rings is 2. The van der Waals surface area contributed by atoms with Crippen molar-refractivity contribution in [3.63, 3.8) is 0 Å². The molecular formula is C50H72ClN2O2+. The van der Waals surface area contributed by atoms with Crippen LogP contribution in [0.3, 0.4) is 0 Å². The zero-order chi connectivity index (χ0) is 39.6. The number of allylic oxidation sites excluding steroid dienone is 5. The number of halogens is 1. The van der Waals surface area contributed by atoms with Gasteiger partial charge in [-0.2, -0.15) is 4.58 Å². The molecule has 0 aromatic heterocycles. The van der Waals surface area contributed by atoms with Crippen LogP contribution < -0.4 is 4.90 Å². The lowest BCUT2D eigenvalue weighted by molar-refractivity contribution is -0.447. The van der Waals surface area contributed by atoms with E-state index in [1.165, 1.54) is 126 Å². The van der Waals surface area contributed by atoms with E-state index in [-0.39, 0.29) is 22.4 Å². The van der Waals surface area contributed by atoms with Crippen LogP contribution in [-0.4, -0.2) is 34.3 Å². The summed E-state index contributed by atoms with van der Waals surface area (Å²) in [6.07, 6.45) is 26.8. The number of aliphatic hydroxyl groups excluding tert-OH is 1. The standard InChI is InChI=1S/C50H71ClN2O2/c1-8-11-14-17-19-22-27-37(26-21-16-13-10-3)36-53-43-29-24-23-28-41(43)49(4,5)46(53)35-40-47(54)39(48(40)55)34-45-50(6,7)42-33-38(51)30-31-44(42)52(45)32-25-20-18-15-12-9-2/h23-24,28-31,33-35,37H,8-22,25-27,32,36H2,1-7H3/p+1. The Kier molecular flexibility index (Phi) is 15.5. The summed E-state index contributed by atoms with van der Waals surface area (Å²) < 4.78 is 2.50. The van der Waals surface area contributed by atoms with Crippen molar-refractivity contribution in [3.8, 4) is 0 Å². The second-order valence-electron chi connectivity index (χ2n) is 17.8. The maximum Gasteiger partial charge on any atom is 0.209 e. The summed E-state index contributed by atoms with van der Waals surface area (Å²) in [5.74, 6) is 0.623. The Bertz CT molecular complexity index is 1760. The molecule has 2 aromatic rings. The molecule has 2 aliphatic heterocycles. The van der Waals surface area contributed by atoms with Gasteiger partial charge in [-0.1, -0.05) is 161 Å². The number of nitrogens with zero attached hydrogens (tertiary/aromatic N) is 2. The van der Waals surface area contributed by atoms with Crippen LogP contribution in [0.4, 0.5) is 11.4 Å². The Labute approximate surface area is 339 Å². The largest absolute Gasteiger partial charge is 0.506 e. The highest BCUT2D eigenvalue weighted by molar-refractivity contribution is 6.30.